The van der Waals surface area contributed by atoms with Gasteiger partial charge < -0.3 is 0 Å². The Kier molecular flexibility index (Phi) is 2.79. The number of rotatable bonds is 1. The van der Waals surface area contributed by atoms with Crippen LogP contribution in [0.1, 0.15) is 11.1 Å². The molecule has 0 atom stereocenters. The van der Waals surface area contributed by atoms with Crippen molar-refractivity contribution < 1.29 is 13.0 Å². The van der Waals surface area contributed by atoms with E-state index in [4.69, 9.17) is 4.55 Å². The van der Waals surface area contributed by atoms with Crippen molar-refractivity contribution in [1.82, 2.24) is 0 Å². The van der Waals surface area contributed by atoms with Crippen molar-refractivity contribution >= 4 is 26.0 Å². The minimum atomic E-state index is -4.12. The number of aryl methyl sites for hydroxylation is 1. The van der Waals surface area contributed by atoms with Crippen molar-refractivity contribution in [2.75, 3.05) is 0 Å². The number of hydrogen-bond donors (Lipinski definition) is 1. The zero-order valence-corrected chi connectivity index (χ0v) is 9.61. The smallest absolute Gasteiger partial charge is 0.282 e. The van der Waals surface area contributed by atoms with Gasteiger partial charge in [-0.2, -0.15) is 8.42 Å². The molecule has 0 aliphatic carbocycles. The second kappa shape index (κ2) is 3.40. The predicted molar refractivity (Wildman–Crippen MR) is 53.4 cm³/mol. The molecular formula is C8H9BrO3S. The maximum Gasteiger partial charge on any atom is 0.295 e. The molecule has 1 N–H and O–H groups in total. The molecule has 0 saturated carbocycles. The molecule has 0 aliphatic heterocycles. The first-order chi connectivity index (χ1) is 5.84. The molecule has 0 aliphatic rings. The summed E-state index contributed by atoms with van der Waals surface area (Å²) in [6.07, 6.45) is 0. The summed E-state index contributed by atoms with van der Waals surface area (Å²) in [5.41, 5.74) is 1.79. The Bertz CT molecular complexity index is 437. The Morgan fingerprint density at radius 2 is 1.85 bits per heavy atom. The van der Waals surface area contributed by atoms with Crippen LogP contribution in [0.3, 0.4) is 0 Å². The average molecular weight is 265 g/mol. The summed E-state index contributed by atoms with van der Waals surface area (Å²) in [4.78, 5) is -0.0874. The number of benzene rings is 1. The van der Waals surface area contributed by atoms with Crippen molar-refractivity contribution in [3.8, 4) is 0 Å². The van der Waals surface area contributed by atoms with Gasteiger partial charge in [0.2, 0.25) is 0 Å². The monoisotopic (exact) mass is 264 g/mol. The average Bonchev–Trinajstić information content (AvgIpc) is 1.98. The van der Waals surface area contributed by atoms with Gasteiger partial charge in [-0.25, -0.2) is 0 Å². The van der Waals surface area contributed by atoms with E-state index >= 15 is 0 Å². The predicted octanol–water partition coefficient (Wildman–Crippen LogP) is 2.31. The van der Waals surface area contributed by atoms with Gasteiger partial charge in [0.1, 0.15) is 4.90 Å². The third-order valence-corrected chi connectivity index (χ3v) is 4.08. The summed E-state index contributed by atoms with van der Waals surface area (Å²) >= 11 is 3.13. The standard InChI is InChI=1S/C8H9BrO3S/c1-5-3-4-7(13(10,11)12)8(9)6(5)2/h3-4H,1-2H3,(H,10,11,12). The molecule has 3 nitrogen and oxygen atoms in total. The minimum absolute atomic E-state index is 0.0874. The molecule has 5 heteroatoms. The molecule has 13 heavy (non-hydrogen) atoms. The molecule has 1 rings (SSSR count). The lowest BCUT2D eigenvalue weighted by Gasteiger charge is -2.06. The first-order valence-corrected chi connectivity index (χ1v) is 5.80. The van der Waals surface area contributed by atoms with Crippen LogP contribution in [0, 0.1) is 13.8 Å². The highest BCUT2D eigenvalue weighted by Gasteiger charge is 2.15. The minimum Gasteiger partial charge on any atom is -0.282 e. The topological polar surface area (TPSA) is 54.4 Å². The fourth-order valence-electron chi connectivity index (χ4n) is 0.956. The molecule has 0 spiro atoms. The van der Waals surface area contributed by atoms with E-state index < -0.39 is 10.1 Å². The summed E-state index contributed by atoms with van der Waals surface area (Å²) in [6, 6.07) is 3.03. The maximum atomic E-state index is 10.8. The summed E-state index contributed by atoms with van der Waals surface area (Å²) < 4.78 is 30.9. The van der Waals surface area contributed by atoms with E-state index in [1.165, 1.54) is 6.07 Å². The Hall–Kier alpha value is -0.390. The van der Waals surface area contributed by atoms with Gasteiger partial charge in [-0.3, -0.25) is 4.55 Å². The molecule has 0 fully saturated rings. The normalized spacial score (nSPS) is 11.7. The van der Waals surface area contributed by atoms with Gasteiger partial charge in [0, 0.05) is 4.47 Å². The largest absolute Gasteiger partial charge is 0.295 e. The first-order valence-electron chi connectivity index (χ1n) is 3.57. The lowest BCUT2D eigenvalue weighted by atomic mass is 10.1. The van der Waals surface area contributed by atoms with Crippen LogP contribution < -0.4 is 0 Å². The zero-order chi connectivity index (χ0) is 10.2. The van der Waals surface area contributed by atoms with E-state index in [1.54, 1.807) is 13.0 Å². The fraction of sp³-hybridized carbons (Fsp3) is 0.250. The van der Waals surface area contributed by atoms with Gasteiger partial charge in [0.25, 0.3) is 10.1 Å². The molecule has 0 amide bonds. The first kappa shape index (κ1) is 10.7. The van der Waals surface area contributed by atoms with Gasteiger partial charge >= 0.3 is 0 Å². The Morgan fingerprint density at radius 1 is 1.31 bits per heavy atom. The molecule has 1 aromatic rings. The molecule has 0 bridgehead atoms. The van der Waals surface area contributed by atoms with Crippen molar-refractivity contribution in [2.24, 2.45) is 0 Å². The van der Waals surface area contributed by atoms with Crippen LogP contribution in [0.25, 0.3) is 0 Å². The van der Waals surface area contributed by atoms with E-state index in [0.29, 0.717) is 4.47 Å². The molecule has 0 saturated heterocycles. The van der Waals surface area contributed by atoms with E-state index in [0.717, 1.165) is 11.1 Å². The Morgan fingerprint density at radius 3 is 2.31 bits per heavy atom. The molecule has 72 valence electrons. The molecule has 0 unspecified atom stereocenters. The number of hydrogen-bond acceptors (Lipinski definition) is 2. The van der Waals surface area contributed by atoms with Crippen LogP contribution in [-0.4, -0.2) is 13.0 Å². The Labute approximate surface area is 85.7 Å². The molecular weight excluding hydrogens is 256 g/mol. The van der Waals surface area contributed by atoms with Crippen LogP contribution in [0.4, 0.5) is 0 Å². The van der Waals surface area contributed by atoms with Gasteiger partial charge in [0.05, 0.1) is 0 Å². The SMILES string of the molecule is Cc1ccc(S(=O)(=O)O)c(Br)c1C. The van der Waals surface area contributed by atoms with Crippen molar-refractivity contribution in [1.29, 1.82) is 0 Å². The highest BCUT2D eigenvalue weighted by atomic mass is 79.9. The third kappa shape index (κ3) is 2.10. The van der Waals surface area contributed by atoms with Crippen LogP contribution in [0.15, 0.2) is 21.5 Å². The molecule has 0 heterocycles. The number of halogens is 1. The maximum absolute atomic E-state index is 10.8. The Balaban J connectivity index is 3.53. The lowest BCUT2D eigenvalue weighted by molar-refractivity contribution is 0.482. The second-order valence-electron chi connectivity index (χ2n) is 2.79. The molecule has 0 radical (unpaired) electrons. The molecule has 0 aromatic heterocycles. The van der Waals surface area contributed by atoms with E-state index in [2.05, 4.69) is 15.9 Å². The second-order valence-corrected chi connectivity index (χ2v) is 4.98. The summed E-state index contributed by atoms with van der Waals surface area (Å²) in [6.45, 7) is 3.65. The molecule has 1 aromatic carbocycles. The van der Waals surface area contributed by atoms with Gasteiger partial charge in [-0.05, 0) is 47.0 Å². The highest BCUT2D eigenvalue weighted by Crippen LogP contribution is 2.27. The summed E-state index contributed by atoms with van der Waals surface area (Å²) in [5, 5.41) is 0. The highest BCUT2D eigenvalue weighted by molar-refractivity contribution is 9.10. The van der Waals surface area contributed by atoms with Gasteiger partial charge in [-0.1, -0.05) is 6.07 Å². The lowest BCUT2D eigenvalue weighted by Crippen LogP contribution is -2.00. The van der Waals surface area contributed by atoms with Gasteiger partial charge in [0.15, 0.2) is 0 Å². The quantitative estimate of drug-likeness (QED) is 0.793. The van der Waals surface area contributed by atoms with Crippen LogP contribution in [0.2, 0.25) is 0 Å². The van der Waals surface area contributed by atoms with E-state index in [-0.39, 0.29) is 4.90 Å². The van der Waals surface area contributed by atoms with E-state index in [9.17, 15) is 8.42 Å². The van der Waals surface area contributed by atoms with Crippen molar-refractivity contribution in [3.63, 3.8) is 0 Å². The van der Waals surface area contributed by atoms with E-state index in [1.807, 2.05) is 6.92 Å². The van der Waals surface area contributed by atoms with Crippen molar-refractivity contribution in [3.05, 3.63) is 27.7 Å². The summed E-state index contributed by atoms with van der Waals surface area (Å²) in [5.74, 6) is 0. The third-order valence-electron chi connectivity index (χ3n) is 1.90. The van der Waals surface area contributed by atoms with Crippen LogP contribution >= 0.6 is 15.9 Å². The fourth-order valence-corrected chi connectivity index (χ4v) is 2.63. The van der Waals surface area contributed by atoms with Crippen LogP contribution in [0.5, 0.6) is 0 Å². The summed E-state index contributed by atoms with van der Waals surface area (Å²) in [7, 11) is -4.12. The van der Waals surface area contributed by atoms with Gasteiger partial charge in [-0.15, -0.1) is 0 Å². The van der Waals surface area contributed by atoms with Crippen molar-refractivity contribution in [2.45, 2.75) is 18.7 Å². The zero-order valence-electron chi connectivity index (χ0n) is 7.20. The van der Waals surface area contributed by atoms with Crippen LogP contribution in [-0.2, 0) is 10.1 Å².